The molecule has 0 spiro atoms. The molecule has 0 N–H and O–H groups in total. The van der Waals surface area contributed by atoms with Crippen molar-refractivity contribution in [1.82, 2.24) is 0 Å². The number of hydrogen-bond acceptors (Lipinski definition) is 2. The predicted molar refractivity (Wildman–Crippen MR) is 65.7 cm³/mol. The van der Waals surface area contributed by atoms with Crippen LogP contribution in [0.3, 0.4) is 0 Å². The summed E-state index contributed by atoms with van der Waals surface area (Å²) in [6.07, 6.45) is -21.6. The van der Waals surface area contributed by atoms with Gasteiger partial charge < -0.3 is 0 Å². The molecule has 0 aliphatic heterocycles. The zero-order valence-corrected chi connectivity index (χ0v) is 13.9. The van der Waals surface area contributed by atoms with E-state index in [0.717, 1.165) is 0 Å². The van der Waals surface area contributed by atoms with Crippen molar-refractivity contribution in [2.75, 3.05) is 0 Å². The zero-order chi connectivity index (χ0) is 25.9. The van der Waals surface area contributed by atoms with Crippen LogP contribution in [0.1, 0.15) is 27.8 Å². The number of nitrogens with zero attached hydrogens (tertiary/aromatic N) is 2. The molecule has 0 radical (unpaired) electrons. The number of nitriles is 2. The minimum Gasteiger partial charge on any atom is -0.205 e. The Morgan fingerprint density at radius 3 is 1.00 bits per heavy atom. The van der Waals surface area contributed by atoms with E-state index < -0.39 is 69.9 Å². The van der Waals surface area contributed by atoms with E-state index in [-0.39, 0.29) is 12.1 Å². The quantitative estimate of drug-likeness (QED) is 0.444. The molecule has 0 unspecified atom stereocenters. The molecule has 1 rings (SSSR count). The van der Waals surface area contributed by atoms with Gasteiger partial charge in [-0.15, -0.1) is 0 Å². The van der Waals surface area contributed by atoms with Crippen LogP contribution in [0.25, 0.3) is 0 Å². The largest absolute Gasteiger partial charge is 0.458 e. The Labute approximate surface area is 164 Å². The number of hydrogen-bond donors (Lipinski definition) is 0. The molecule has 0 atom stereocenters. The highest BCUT2D eigenvalue weighted by molar-refractivity contribution is 5.61. The Balaban J connectivity index is 4.67. The average Bonchev–Trinajstić information content (AvgIpc) is 2.56. The standard InChI is InChI=1S/C14F16N2/c15-8-4(2-32)5(9(16,17)12(22,23)24)3(1-31)6(10(18,19)13(25,26)27)7(8)11(20,21)14(28,29)30. The third kappa shape index (κ3) is 3.75. The molecule has 0 amide bonds. The van der Waals surface area contributed by atoms with Crippen molar-refractivity contribution in [2.45, 2.75) is 36.3 Å². The molecular weight excluding hydrogens is 500 g/mol. The zero-order valence-electron chi connectivity index (χ0n) is 13.9. The summed E-state index contributed by atoms with van der Waals surface area (Å²) in [5.74, 6) is -25.0. The number of rotatable bonds is 3. The van der Waals surface area contributed by atoms with Gasteiger partial charge in [0.05, 0.1) is 27.8 Å². The van der Waals surface area contributed by atoms with Crippen molar-refractivity contribution in [3.63, 3.8) is 0 Å². The van der Waals surface area contributed by atoms with E-state index >= 15 is 0 Å². The Morgan fingerprint density at radius 1 is 0.438 bits per heavy atom. The molecular formula is C14F16N2. The number of halogens is 16. The highest BCUT2D eigenvalue weighted by Gasteiger charge is 2.70. The summed E-state index contributed by atoms with van der Waals surface area (Å²) in [7, 11) is 0. The summed E-state index contributed by atoms with van der Waals surface area (Å²) in [6.45, 7) is 0. The lowest BCUT2D eigenvalue weighted by Crippen LogP contribution is -2.44. The van der Waals surface area contributed by atoms with E-state index in [0.29, 0.717) is 0 Å². The molecule has 0 saturated carbocycles. The maximum absolute atomic E-state index is 14.3. The van der Waals surface area contributed by atoms with Gasteiger partial charge in [-0.1, -0.05) is 0 Å². The van der Waals surface area contributed by atoms with Crippen molar-refractivity contribution in [3.8, 4) is 12.1 Å². The summed E-state index contributed by atoms with van der Waals surface area (Å²) < 4.78 is 211. The monoisotopic (exact) mass is 500 g/mol. The first-order valence-electron chi connectivity index (χ1n) is 6.97. The van der Waals surface area contributed by atoms with Gasteiger partial charge in [0, 0.05) is 0 Å². The highest BCUT2D eigenvalue weighted by atomic mass is 19.4. The lowest BCUT2D eigenvalue weighted by Gasteiger charge is -2.31. The summed E-state index contributed by atoms with van der Waals surface area (Å²) in [6, 6.07) is -0.227. The minimum atomic E-state index is -7.31. The van der Waals surface area contributed by atoms with Crippen LogP contribution in [0.15, 0.2) is 0 Å². The molecule has 18 heteroatoms. The van der Waals surface area contributed by atoms with Gasteiger partial charge in [0.2, 0.25) is 0 Å². The molecule has 1 aromatic carbocycles. The molecule has 2 nitrogen and oxygen atoms in total. The Kier molecular flexibility index (Phi) is 6.19. The van der Waals surface area contributed by atoms with Crippen molar-refractivity contribution >= 4 is 0 Å². The molecule has 0 aliphatic rings. The maximum Gasteiger partial charge on any atom is 0.458 e. The van der Waals surface area contributed by atoms with Gasteiger partial charge >= 0.3 is 36.3 Å². The van der Waals surface area contributed by atoms with E-state index in [9.17, 15) is 70.2 Å². The van der Waals surface area contributed by atoms with Crippen molar-refractivity contribution in [1.29, 1.82) is 10.5 Å². The Hall–Kier alpha value is -2.92. The van der Waals surface area contributed by atoms with Crippen LogP contribution < -0.4 is 0 Å². The van der Waals surface area contributed by atoms with Gasteiger partial charge in [-0.2, -0.15) is 76.4 Å². The van der Waals surface area contributed by atoms with Gasteiger partial charge in [-0.05, 0) is 0 Å². The highest BCUT2D eigenvalue weighted by Crippen LogP contribution is 2.57. The second-order valence-electron chi connectivity index (χ2n) is 5.63. The van der Waals surface area contributed by atoms with E-state index in [2.05, 4.69) is 0 Å². The summed E-state index contributed by atoms with van der Waals surface area (Å²) in [5.41, 5.74) is -18.5. The van der Waals surface area contributed by atoms with E-state index in [1.807, 2.05) is 0 Å². The maximum atomic E-state index is 14.3. The lowest BCUT2D eigenvalue weighted by atomic mass is 9.83. The topological polar surface area (TPSA) is 47.6 Å². The third-order valence-electron chi connectivity index (χ3n) is 3.67. The fourth-order valence-corrected chi connectivity index (χ4v) is 2.28. The van der Waals surface area contributed by atoms with Gasteiger partial charge in [0.15, 0.2) is 5.82 Å². The smallest absolute Gasteiger partial charge is 0.205 e. The van der Waals surface area contributed by atoms with Gasteiger partial charge in [0.1, 0.15) is 12.1 Å². The molecule has 0 aliphatic carbocycles. The normalized spacial score (nSPS) is 14.2. The SMILES string of the molecule is N#Cc1c(F)c(C(F)(F)C(F)(F)F)c(C(F)(F)C(F)(F)F)c(C#N)c1C(F)(F)C(F)(F)F. The molecule has 0 heterocycles. The van der Waals surface area contributed by atoms with Crippen molar-refractivity contribution < 1.29 is 70.2 Å². The van der Waals surface area contributed by atoms with Crippen LogP contribution >= 0.6 is 0 Å². The van der Waals surface area contributed by atoms with Gasteiger partial charge in [-0.3, -0.25) is 0 Å². The fourth-order valence-electron chi connectivity index (χ4n) is 2.28. The van der Waals surface area contributed by atoms with E-state index in [1.165, 1.54) is 0 Å². The molecule has 0 saturated heterocycles. The second-order valence-corrected chi connectivity index (χ2v) is 5.63. The molecule has 0 bridgehead atoms. The molecule has 0 aromatic heterocycles. The number of alkyl halides is 15. The van der Waals surface area contributed by atoms with E-state index in [4.69, 9.17) is 10.5 Å². The van der Waals surface area contributed by atoms with Gasteiger partial charge in [0.25, 0.3) is 0 Å². The Morgan fingerprint density at radius 2 is 0.719 bits per heavy atom. The Bertz CT molecular complexity index is 997. The second kappa shape index (κ2) is 7.31. The van der Waals surface area contributed by atoms with Crippen LogP contribution in [0.5, 0.6) is 0 Å². The van der Waals surface area contributed by atoms with E-state index in [1.54, 1.807) is 0 Å². The molecule has 0 fully saturated rings. The fraction of sp³-hybridized carbons (Fsp3) is 0.429. The summed E-state index contributed by atoms with van der Waals surface area (Å²) in [4.78, 5) is 0. The molecule has 1 aromatic rings. The summed E-state index contributed by atoms with van der Waals surface area (Å²) >= 11 is 0. The van der Waals surface area contributed by atoms with Crippen LogP contribution in [-0.2, 0) is 17.8 Å². The van der Waals surface area contributed by atoms with Crippen LogP contribution in [0, 0.1) is 28.5 Å². The van der Waals surface area contributed by atoms with Crippen LogP contribution in [0.2, 0.25) is 0 Å². The molecule has 178 valence electrons. The summed E-state index contributed by atoms with van der Waals surface area (Å²) in [5, 5.41) is 17.2. The third-order valence-corrected chi connectivity index (χ3v) is 3.67. The van der Waals surface area contributed by atoms with Crippen LogP contribution in [-0.4, -0.2) is 18.5 Å². The predicted octanol–water partition coefficient (Wildman–Crippen LogP) is 6.53. The number of benzene rings is 1. The first kappa shape index (κ1) is 27.1. The van der Waals surface area contributed by atoms with Crippen molar-refractivity contribution in [3.05, 3.63) is 33.6 Å². The minimum absolute atomic E-state index is 0.0348. The average molecular weight is 500 g/mol. The van der Waals surface area contributed by atoms with Crippen molar-refractivity contribution in [2.24, 2.45) is 0 Å². The lowest BCUT2D eigenvalue weighted by molar-refractivity contribution is -0.303. The van der Waals surface area contributed by atoms with Gasteiger partial charge in [-0.25, -0.2) is 4.39 Å². The van der Waals surface area contributed by atoms with Crippen LogP contribution in [0.4, 0.5) is 70.2 Å². The first-order chi connectivity index (χ1) is 13.9. The molecule has 32 heavy (non-hydrogen) atoms. The first-order valence-corrected chi connectivity index (χ1v) is 6.97.